The molecule has 0 aromatic heterocycles. The van der Waals surface area contributed by atoms with E-state index in [2.05, 4.69) is 29.4 Å². The van der Waals surface area contributed by atoms with Crippen LogP contribution in [0, 0.1) is 50.2 Å². The van der Waals surface area contributed by atoms with E-state index in [4.69, 9.17) is 0 Å². The summed E-state index contributed by atoms with van der Waals surface area (Å²) in [6, 6.07) is 2.11. The van der Waals surface area contributed by atoms with Crippen molar-refractivity contribution in [1.29, 1.82) is 5.26 Å². The van der Waals surface area contributed by atoms with Gasteiger partial charge < -0.3 is 9.84 Å². The number of amides is 1. The molecule has 0 aromatic rings. The number of hydrogen-bond donors (Lipinski definition) is 3. The van der Waals surface area contributed by atoms with Crippen LogP contribution in [-0.2, 0) is 24.5 Å². The maximum Gasteiger partial charge on any atom is 0.421 e. The molecular formula is C32H45N3O7S. The number of aliphatic hydroxyl groups is 1. The quantitative estimate of drug-likeness (QED) is 0.424. The van der Waals surface area contributed by atoms with Crippen LogP contribution >= 0.6 is 0 Å². The monoisotopic (exact) mass is 615 g/mol. The van der Waals surface area contributed by atoms with Crippen molar-refractivity contribution in [1.82, 2.24) is 9.44 Å². The van der Waals surface area contributed by atoms with Gasteiger partial charge in [0.2, 0.25) is 0 Å². The second-order valence-corrected chi connectivity index (χ2v) is 17.0. The summed E-state index contributed by atoms with van der Waals surface area (Å²) >= 11 is 0. The van der Waals surface area contributed by atoms with Crippen LogP contribution in [0.4, 0.5) is 4.79 Å². The Balaban J connectivity index is 1.62. The third-order valence-electron chi connectivity index (χ3n) is 13.0. The second-order valence-electron chi connectivity index (χ2n) is 15.6. The molecule has 3 saturated carbocycles. The first-order chi connectivity index (χ1) is 19.6. The van der Waals surface area contributed by atoms with Crippen LogP contribution in [0.2, 0.25) is 0 Å². The molecule has 0 spiro atoms. The number of hydrogen-bond acceptors (Lipinski definition) is 8. The topological polar surface area (TPSA) is 163 Å². The van der Waals surface area contributed by atoms with E-state index in [0.29, 0.717) is 32.1 Å². The molecule has 5 aliphatic rings. The van der Waals surface area contributed by atoms with Crippen molar-refractivity contribution in [3.8, 4) is 6.07 Å². The summed E-state index contributed by atoms with van der Waals surface area (Å²) in [5.41, 5.74) is -5.31. The number of nitrogens with zero attached hydrogens (tertiary/aromatic N) is 1. The third-order valence-corrected chi connectivity index (χ3v) is 14.2. The fourth-order valence-corrected chi connectivity index (χ4v) is 11.5. The van der Waals surface area contributed by atoms with Gasteiger partial charge in [0.1, 0.15) is 11.7 Å². The van der Waals surface area contributed by atoms with E-state index in [1.807, 2.05) is 32.4 Å². The SMILES string of the molecule is COC(=O)NS(=O)(=O)N[C@@]1(C)CC[C@]2(C)CC[C@@]3(C)[C@]4(C)CC[C@H]5C(C)(C)C(=O)C(C#N)=C[C@]5(C)C4=CC(=O)[C@]3(O)[C@@H]2C1. The van der Waals surface area contributed by atoms with E-state index in [9.17, 15) is 33.2 Å². The molecule has 1 amide bonds. The molecule has 5 aliphatic carbocycles. The van der Waals surface area contributed by atoms with E-state index in [1.165, 1.54) is 0 Å². The van der Waals surface area contributed by atoms with Gasteiger partial charge >= 0.3 is 16.3 Å². The summed E-state index contributed by atoms with van der Waals surface area (Å²) < 4.78 is 34.6. The fourth-order valence-electron chi connectivity index (χ4n) is 10.4. The van der Waals surface area contributed by atoms with Crippen molar-refractivity contribution in [3.05, 3.63) is 23.3 Å². The summed E-state index contributed by atoms with van der Waals surface area (Å²) in [5, 5.41) is 22.8. The summed E-state index contributed by atoms with van der Waals surface area (Å²) in [6.07, 6.45) is 6.20. The Morgan fingerprint density at radius 1 is 1.02 bits per heavy atom. The van der Waals surface area contributed by atoms with E-state index >= 15 is 0 Å². The summed E-state index contributed by atoms with van der Waals surface area (Å²) in [6.45, 7) is 13.8. The van der Waals surface area contributed by atoms with Crippen molar-refractivity contribution >= 4 is 27.9 Å². The van der Waals surface area contributed by atoms with Gasteiger partial charge in [0.25, 0.3) is 0 Å². The molecule has 11 heteroatoms. The van der Waals surface area contributed by atoms with E-state index in [-0.39, 0.29) is 23.7 Å². The number of carbonyl (C=O) groups excluding carboxylic acids is 3. The molecule has 0 saturated heterocycles. The summed E-state index contributed by atoms with van der Waals surface area (Å²) in [5.74, 6) is -1.26. The zero-order valence-corrected chi connectivity index (χ0v) is 27.3. The van der Waals surface area contributed by atoms with E-state index in [1.54, 1.807) is 19.1 Å². The highest BCUT2D eigenvalue weighted by Crippen LogP contribution is 2.75. The van der Waals surface area contributed by atoms with Crippen LogP contribution in [-0.4, -0.2) is 49.4 Å². The number of nitriles is 1. The Labute approximate surface area is 254 Å². The number of ketones is 2. The van der Waals surface area contributed by atoms with E-state index in [0.717, 1.165) is 19.1 Å². The van der Waals surface area contributed by atoms with Gasteiger partial charge in [-0.1, -0.05) is 47.6 Å². The third kappa shape index (κ3) is 4.08. The van der Waals surface area contributed by atoms with Crippen molar-refractivity contribution in [2.24, 2.45) is 38.9 Å². The molecule has 0 bridgehead atoms. The van der Waals surface area contributed by atoms with E-state index < -0.39 is 66.2 Å². The maximum absolute atomic E-state index is 14.5. The highest BCUT2D eigenvalue weighted by Gasteiger charge is 2.75. The average Bonchev–Trinajstić information content (AvgIpc) is 2.90. The van der Waals surface area contributed by atoms with Crippen molar-refractivity contribution in [3.63, 3.8) is 0 Å². The highest BCUT2D eigenvalue weighted by molar-refractivity contribution is 7.88. The molecule has 0 unspecified atom stereocenters. The van der Waals surface area contributed by atoms with Gasteiger partial charge in [0.05, 0.1) is 12.7 Å². The van der Waals surface area contributed by atoms with Crippen LogP contribution in [0.3, 0.4) is 0 Å². The number of ether oxygens (including phenoxy) is 1. The molecule has 10 nitrogen and oxygen atoms in total. The number of allylic oxidation sites excluding steroid dienone is 3. The van der Waals surface area contributed by atoms with Gasteiger partial charge in [-0.3, -0.25) is 9.59 Å². The Bertz CT molecular complexity index is 1530. The predicted molar refractivity (Wildman–Crippen MR) is 158 cm³/mol. The lowest BCUT2D eigenvalue weighted by molar-refractivity contribution is -0.239. The van der Waals surface area contributed by atoms with Gasteiger partial charge in [-0.05, 0) is 80.3 Å². The van der Waals surface area contributed by atoms with Gasteiger partial charge in [-0.15, -0.1) is 0 Å². The molecular weight excluding hydrogens is 570 g/mol. The first kappa shape index (κ1) is 31.9. The lowest BCUT2D eigenvalue weighted by atomic mass is 9.33. The van der Waals surface area contributed by atoms with Crippen molar-refractivity contribution in [2.45, 2.75) is 105 Å². The highest BCUT2D eigenvalue weighted by atomic mass is 32.2. The lowest BCUT2D eigenvalue weighted by Gasteiger charge is -2.71. The van der Waals surface area contributed by atoms with Crippen LogP contribution < -0.4 is 9.44 Å². The molecule has 5 rings (SSSR count). The normalized spacial score (nSPS) is 45.2. The van der Waals surface area contributed by atoms with Crippen LogP contribution in [0.5, 0.6) is 0 Å². The minimum atomic E-state index is -4.28. The van der Waals surface area contributed by atoms with Crippen LogP contribution in [0.25, 0.3) is 0 Å². The van der Waals surface area contributed by atoms with Gasteiger partial charge in [0.15, 0.2) is 11.6 Å². The predicted octanol–water partition coefficient (Wildman–Crippen LogP) is 4.26. The molecule has 3 N–H and O–H groups in total. The van der Waals surface area contributed by atoms with Gasteiger partial charge in [-0.25, -0.2) is 9.52 Å². The zero-order chi connectivity index (χ0) is 32.2. The molecule has 8 atom stereocenters. The molecule has 3 fully saturated rings. The summed E-state index contributed by atoms with van der Waals surface area (Å²) in [4.78, 5) is 39.5. The lowest BCUT2D eigenvalue weighted by Crippen LogP contribution is -2.74. The van der Waals surface area contributed by atoms with Gasteiger partial charge in [0, 0.05) is 27.7 Å². The van der Waals surface area contributed by atoms with Crippen molar-refractivity contribution in [2.75, 3.05) is 7.11 Å². The minimum absolute atomic E-state index is 0.111. The standard InChI is InChI=1S/C32H45N3O7S/c1-26(2)20-9-10-30(6)21(29(20,5)16-19(18-33)24(26)37)15-23(36)32(39)22-17-28(4,35-43(40,41)34-25(38)42-8)13-11-27(22,3)12-14-31(30,32)7/h15-16,20,22,35,39H,9-14,17H2,1-8H3,(H,34,38)/t20-,22+,27+,28-,29-,30+,31-,32+/m0/s1. The first-order valence-corrected chi connectivity index (χ1v) is 16.6. The Kier molecular flexibility index (Phi) is 6.85. The molecule has 0 aromatic carbocycles. The second kappa shape index (κ2) is 9.24. The zero-order valence-electron chi connectivity index (χ0n) is 26.5. The number of Topliss-reactive ketones (excluding diaryl/α,β-unsaturated/α-hetero) is 1. The number of rotatable bonds is 3. The van der Waals surface area contributed by atoms with Gasteiger partial charge in [-0.2, -0.15) is 18.4 Å². The number of fused-ring (bicyclic) bond motifs is 7. The molecule has 236 valence electrons. The molecule has 43 heavy (non-hydrogen) atoms. The number of methoxy groups -OCH3 is 1. The largest absolute Gasteiger partial charge is 0.452 e. The maximum atomic E-state index is 14.5. The summed E-state index contributed by atoms with van der Waals surface area (Å²) in [7, 11) is -3.20. The number of nitrogens with one attached hydrogen (secondary N) is 2. The molecule has 0 radical (unpaired) electrons. The van der Waals surface area contributed by atoms with Crippen LogP contribution in [0.1, 0.15) is 93.4 Å². The smallest absolute Gasteiger partial charge is 0.421 e. The Morgan fingerprint density at radius 3 is 2.26 bits per heavy atom. The first-order valence-electron chi connectivity index (χ1n) is 15.2. The average molecular weight is 616 g/mol. The minimum Gasteiger partial charge on any atom is -0.452 e. The Hall–Kier alpha value is -2.55. The number of carbonyl (C=O) groups is 3. The fraction of sp³-hybridized carbons (Fsp3) is 0.750. The Morgan fingerprint density at radius 2 is 1.65 bits per heavy atom. The molecule has 0 heterocycles. The van der Waals surface area contributed by atoms with Crippen LogP contribution in [0.15, 0.2) is 23.3 Å². The van der Waals surface area contributed by atoms with Crippen molar-refractivity contribution < 1.29 is 32.6 Å². The molecule has 0 aliphatic heterocycles.